The quantitative estimate of drug-likeness (QED) is 0.590. The fraction of sp³-hybridized carbons (Fsp3) is 0.360. The average molecular weight is 404 g/mol. The lowest BCUT2D eigenvalue weighted by molar-refractivity contribution is -0.132. The molecule has 0 fully saturated rings. The van der Waals surface area contributed by atoms with Crippen molar-refractivity contribution in [2.45, 2.75) is 38.6 Å². The molecule has 0 radical (unpaired) electrons. The molecule has 1 aliphatic heterocycles. The molecule has 1 aromatic heterocycles. The first kappa shape index (κ1) is 20.2. The van der Waals surface area contributed by atoms with Crippen LogP contribution in [0.2, 0.25) is 0 Å². The lowest BCUT2D eigenvalue weighted by Gasteiger charge is -2.34. The molecule has 2 aromatic carbocycles. The molecule has 0 spiro atoms. The van der Waals surface area contributed by atoms with Crippen LogP contribution in [-0.2, 0) is 24.8 Å². The monoisotopic (exact) mass is 403 g/mol. The van der Waals surface area contributed by atoms with Crippen LogP contribution in [0.1, 0.15) is 47.9 Å². The van der Waals surface area contributed by atoms with E-state index in [9.17, 15) is 4.79 Å². The summed E-state index contributed by atoms with van der Waals surface area (Å²) in [6.07, 6.45) is 6.21. The van der Waals surface area contributed by atoms with E-state index in [0.717, 1.165) is 36.3 Å². The van der Waals surface area contributed by atoms with Crippen molar-refractivity contribution in [2.24, 2.45) is 7.05 Å². The molecular formula is C25H29N3O2. The van der Waals surface area contributed by atoms with Crippen molar-refractivity contribution in [1.29, 1.82) is 0 Å². The molecule has 2 heterocycles. The summed E-state index contributed by atoms with van der Waals surface area (Å²) in [5, 5.41) is 4.34. The summed E-state index contributed by atoms with van der Waals surface area (Å²) in [6.45, 7) is 4.20. The number of hydrogen-bond acceptors (Lipinski definition) is 3. The summed E-state index contributed by atoms with van der Waals surface area (Å²) in [6, 6.07) is 16.5. The molecular weight excluding hydrogens is 374 g/mol. The van der Waals surface area contributed by atoms with Gasteiger partial charge in [-0.05, 0) is 47.2 Å². The molecule has 1 aliphatic rings. The molecule has 0 N–H and O–H groups in total. The maximum atomic E-state index is 13.1. The van der Waals surface area contributed by atoms with E-state index in [1.54, 1.807) is 0 Å². The van der Waals surface area contributed by atoms with Crippen LogP contribution < -0.4 is 4.74 Å². The van der Waals surface area contributed by atoms with Crippen LogP contribution in [0.3, 0.4) is 0 Å². The van der Waals surface area contributed by atoms with Crippen molar-refractivity contribution in [3.63, 3.8) is 0 Å². The number of nitrogens with zero attached hydrogens (tertiary/aromatic N) is 3. The topological polar surface area (TPSA) is 47.4 Å². The second kappa shape index (κ2) is 9.16. The van der Waals surface area contributed by atoms with Gasteiger partial charge in [0, 0.05) is 38.7 Å². The number of amides is 1. The zero-order chi connectivity index (χ0) is 20.9. The van der Waals surface area contributed by atoms with Gasteiger partial charge in [0.05, 0.1) is 12.8 Å². The van der Waals surface area contributed by atoms with Crippen LogP contribution >= 0.6 is 0 Å². The van der Waals surface area contributed by atoms with Gasteiger partial charge in [-0.1, -0.05) is 43.3 Å². The zero-order valence-electron chi connectivity index (χ0n) is 17.8. The van der Waals surface area contributed by atoms with Gasteiger partial charge in [-0.15, -0.1) is 0 Å². The molecule has 0 saturated carbocycles. The number of hydrogen-bond donors (Lipinski definition) is 0. The molecule has 3 aromatic rings. The highest BCUT2D eigenvalue weighted by Crippen LogP contribution is 2.33. The van der Waals surface area contributed by atoms with Crippen LogP contribution in [0.4, 0.5) is 0 Å². The molecule has 0 aliphatic carbocycles. The predicted octanol–water partition coefficient (Wildman–Crippen LogP) is 4.32. The van der Waals surface area contributed by atoms with E-state index in [1.807, 2.05) is 35.0 Å². The zero-order valence-corrected chi connectivity index (χ0v) is 17.8. The number of aryl methyl sites for hydroxylation is 2. The summed E-state index contributed by atoms with van der Waals surface area (Å²) in [5.41, 5.74) is 4.85. The van der Waals surface area contributed by atoms with Gasteiger partial charge in [-0.3, -0.25) is 9.48 Å². The Morgan fingerprint density at radius 1 is 1.17 bits per heavy atom. The Bertz CT molecular complexity index is 994. The molecule has 1 unspecified atom stereocenters. The minimum Gasteiger partial charge on any atom is -0.494 e. The van der Waals surface area contributed by atoms with E-state index >= 15 is 0 Å². The van der Waals surface area contributed by atoms with E-state index in [0.29, 0.717) is 19.5 Å². The summed E-state index contributed by atoms with van der Waals surface area (Å²) in [7, 11) is 1.93. The molecule has 5 heteroatoms. The van der Waals surface area contributed by atoms with Crippen molar-refractivity contribution >= 4 is 5.91 Å². The Labute approximate surface area is 178 Å². The lowest BCUT2D eigenvalue weighted by atomic mass is 9.86. The largest absolute Gasteiger partial charge is 0.494 e. The third kappa shape index (κ3) is 4.56. The van der Waals surface area contributed by atoms with Gasteiger partial charge in [0.2, 0.25) is 5.91 Å². The van der Waals surface area contributed by atoms with Crippen molar-refractivity contribution in [1.82, 2.24) is 14.7 Å². The number of carbonyl (C=O) groups excluding carboxylic acids is 1. The molecule has 0 bridgehead atoms. The fourth-order valence-electron chi connectivity index (χ4n) is 4.08. The Morgan fingerprint density at radius 2 is 1.97 bits per heavy atom. The van der Waals surface area contributed by atoms with Crippen molar-refractivity contribution in [3.8, 4) is 5.75 Å². The summed E-state index contributed by atoms with van der Waals surface area (Å²) >= 11 is 0. The molecule has 4 rings (SSSR count). The first-order valence-electron chi connectivity index (χ1n) is 10.7. The van der Waals surface area contributed by atoms with Crippen LogP contribution in [0, 0.1) is 0 Å². The van der Waals surface area contributed by atoms with Crippen molar-refractivity contribution in [2.75, 3.05) is 13.2 Å². The molecule has 5 nitrogen and oxygen atoms in total. The van der Waals surface area contributed by atoms with Crippen LogP contribution in [0.25, 0.3) is 0 Å². The SMILES string of the molecule is CCCOc1ccc(CCC(=O)N2Cc3ccccc3C(c3cnn(C)c3)C2)cc1. The van der Waals surface area contributed by atoms with Gasteiger partial charge >= 0.3 is 0 Å². The number of ether oxygens (including phenoxy) is 1. The highest BCUT2D eigenvalue weighted by molar-refractivity contribution is 5.77. The molecule has 156 valence electrons. The molecule has 1 amide bonds. The minimum absolute atomic E-state index is 0.169. The van der Waals surface area contributed by atoms with E-state index in [4.69, 9.17) is 4.74 Å². The van der Waals surface area contributed by atoms with Crippen molar-refractivity contribution in [3.05, 3.63) is 83.2 Å². The molecule has 0 saturated heterocycles. The average Bonchev–Trinajstić information content (AvgIpc) is 3.22. The predicted molar refractivity (Wildman–Crippen MR) is 117 cm³/mol. The summed E-state index contributed by atoms with van der Waals surface area (Å²) in [4.78, 5) is 15.1. The second-order valence-corrected chi connectivity index (χ2v) is 7.97. The number of benzene rings is 2. The Balaban J connectivity index is 1.43. The Hall–Kier alpha value is -3.08. The number of fused-ring (bicyclic) bond motifs is 1. The fourth-order valence-corrected chi connectivity index (χ4v) is 4.08. The maximum Gasteiger partial charge on any atom is 0.223 e. The van der Waals surface area contributed by atoms with E-state index in [2.05, 4.69) is 54.6 Å². The van der Waals surface area contributed by atoms with Crippen LogP contribution in [0.15, 0.2) is 60.9 Å². The standard InChI is InChI=1S/C25H29N3O2/c1-3-14-30-22-11-8-19(9-12-22)10-13-25(29)28-17-20-6-4-5-7-23(20)24(18-28)21-15-26-27(2)16-21/h4-9,11-12,15-16,24H,3,10,13-14,17-18H2,1-2H3. The van der Waals surface area contributed by atoms with Gasteiger partial charge in [-0.2, -0.15) is 5.10 Å². The third-order valence-corrected chi connectivity index (χ3v) is 5.70. The first-order chi connectivity index (χ1) is 14.6. The molecule has 1 atom stereocenters. The Morgan fingerprint density at radius 3 is 2.70 bits per heavy atom. The van der Waals surface area contributed by atoms with Gasteiger partial charge in [0.25, 0.3) is 0 Å². The van der Waals surface area contributed by atoms with Crippen LogP contribution in [-0.4, -0.2) is 33.7 Å². The van der Waals surface area contributed by atoms with Gasteiger partial charge < -0.3 is 9.64 Å². The first-order valence-corrected chi connectivity index (χ1v) is 10.7. The maximum absolute atomic E-state index is 13.1. The van der Waals surface area contributed by atoms with E-state index < -0.39 is 0 Å². The summed E-state index contributed by atoms with van der Waals surface area (Å²) in [5.74, 6) is 1.26. The summed E-state index contributed by atoms with van der Waals surface area (Å²) < 4.78 is 7.46. The third-order valence-electron chi connectivity index (χ3n) is 5.70. The van der Waals surface area contributed by atoms with E-state index in [1.165, 1.54) is 11.1 Å². The number of aromatic nitrogens is 2. The normalized spacial score (nSPS) is 15.7. The van der Waals surface area contributed by atoms with E-state index in [-0.39, 0.29) is 11.8 Å². The van der Waals surface area contributed by atoms with Gasteiger partial charge in [0.1, 0.15) is 5.75 Å². The second-order valence-electron chi connectivity index (χ2n) is 7.97. The minimum atomic E-state index is 0.169. The van der Waals surface area contributed by atoms with Gasteiger partial charge in [0.15, 0.2) is 0 Å². The Kier molecular flexibility index (Phi) is 6.17. The number of carbonyl (C=O) groups is 1. The van der Waals surface area contributed by atoms with Crippen molar-refractivity contribution < 1.29 is 9.53 Å². The van der Waals surface area contributed by atoms with Crippen LogP contribution in [0.5, 0.6) is 5.75 Å². The number of rotatable bonds is 7. The highest BCUT2D eigenvalue weighted by Gasteiger charge is 2.29. The van der Waals surface area contributed by atoms with Gasteiger partial charge in [-0.25, -0.2) is 0 Å². The lowest BCUT2D eigenvalue weighted by Crippen LogP contribution is -2.38. The highest BCUT2D eigenvalue weighted by atomic mass is 16.5. The smallest absolute Gasteiger partial charge is 0.223 e. The molecule has 30 heavy (non-hydrogen) atoms.